The zero-order valence-electron chi connectivity index (χ0n) is 11.6. The Labute approximate surface area is 116 Å². The van der Waals surface area contributed by atoms with Crippen molar-refractivity contribution in [2.45, 2.75) is 56.7 Å². The van der Waals surface area contributed by atoms with Crippen LogP contribution in [0.15, 0.2) is 0 Å². The normalized spacial score (nSPS) is 34.6. The van der Waals surface area contributed by atoms with Gasteiger partial charge in [-0.1, -0.05) is 25.7 Å². The molecule has 0 aromatic heterocycles. The van der Waals surface area contributed by atoms with E-state index in [1.807, 2.05) is 0 Å². The topological polar surface area (TPSA) is 55.4 Å². The van der Waals surface area contributed by atoms with Gasteiger partial charge >= 0.3 is 0 Å². The molecule has 1 saturated carbocycles. The zero-order chi connectivity index (χ0) is 13.3. The fourth-order valence-electron chi connectivity index (χ4n) is 3.85. The fraction of sp³-hybridized carbons (Fsp3) is 1.00. The fourth-order valence-corrected chi connectivity index (χ4v) is 5.42. The number of nitrogens with one attached hydrogen (secondary N) is 1. The minimum absolute atomic E-state index is 0.202. The molecule has 0 radical (unpaired) electrons. The molecule has 1 aliphatic carbocycles. The molecule has 1 atom stereocenters. The number of rotatable bonds is 2. The first-order valence-corrected chi connectivity index (χ1v) is 9.48. The molecular formula is C14H25NO3S. The van der Waals surface area contributed by atoms with E-state index < -0.39 is 9.84 Å². The Bertz CT molecular complexity index is 400. The summed E-state index contributed by atoms with van der Waals surface area (Å²) in [5, 5.41) is 3.48. The summed E-state index contributed by atoms with van der Waals surface area (Å²) >= 11 is 0. The standard InChI is InChI=1S/C14H25NO3S/c16-19(17)7-5-14(6-8-19)11-15-10-13(18-14)9-12-3-1-2-4-12/h12-13,15H,1-11H2. The van der Waals surface area contributed by atoms with Crippen LogP contribution in [0.1, 0.15) is 44.9 Å². The lowest BCUT2D eigenvalue weighted by atomic mass is 9.92. The van der Waals surface area contributed by atoms with E-state index in [-0.39, 0.29) is 11.7 Å². The highest BCUT2D eigenvalue weighted by Crippen LogP contribution is 2.35. The van der Waals surface area contributed by atoms with E-state index in [2.05, 4.69) is 5.32 Å². The average Bonchev–Trinajstić information content (AvgIpc) is 2.87. The van der Waals surface area contributed by atoms with Crippen LogP contribution < -0.4 is 5.32 Å². The smallest absolute Gasteiger partial charge is 0.150 e. The predicted octanol–water partition coefficient (Wildman–Crippen LogP) is 1.50. The average molecular weight is 287 g/mol. The summed E-state index contributed by atoms with van der Waals surface area (Å²) in [6, 6.07) is 0. The summed E-state index contributed by atoms with van der Waals surface area (Å²) in [6.07, 6.45) is 8.22. The molecule has 19 heavy (non-hydrogen) atoms. The van der Waals surface area contributed by atoms with Gasteiger partial charge in [0, 0.05) is 13.1 Å². The Hall–Kier alpha value is -0.130. The summed E-state index contributed by atoms with van der Waals surface area (Å²) in [4.78, 5) is 0. The molecule has 2 saturated heterocycles. The maximum atomic E-state index is 11.6. The van der Waals surface area contributed by atoms with E-state index in [1.165, 1.54) is 25.7 Å². The van der Waals surface area contributed by atoms with Crippen molar-refractivity contribution in [3.05, 3.63) is 0 Å². The van der Waals surface area contributed by atoms with Crippen molar-refractivity contribution in [1.29, 1.82) is 0 Å². The van der Waals surface area contributed by atoms with E-state index in [0.29, 0.717) is 24.3 Å². The summed E-state index contributed by atoms with van der Waals surface area (Å²) in [6.45, 7) is 1.76. The van der Waals surface area contributed by atoms with Crippen LogP contribution in [-0.4, -0.2) is 44.7 Å². The largest absolute Gasteiger partial charge is 0.369 e. The van der Waals surface area contributed by atoms with Crippen LogP contribution >= 0.6 is 0 Å². The summed E-state index contributed by atoms with van der Waals surface area (Å²) in [5.74, 6) is 1.42. The van der Waals surface area contributed by atoms with E-state index in [1.54, 1.807) is 0 Å². The van der Waals surface area contributed by atoms with Crippen LogP contribution in [0, 0.1) is 5.92 Å². The van der Waals surface area contributed by atoms with Crippen molar-refractivity contribution in [3.8, 4) is 0 Å². The minimum Gasteiger partial charge on any atom is -0.369 e. The second-order valence-electron chi connectivity index (χ2n) is 6.59. The van der Waals surface area contributed by atoms with E-state index >= 15 is 0 Å². The predicted molar refractivity (Wildman–Crippen MR) is 74.9 cm³/mol. The summed E-state index contributed by atoms with van der Waals surface area (Å²) in [5.41, 5.74) is -0.202. The van der Waals surface area contributed by atoms with Gasteiger partial charge in [-0.15, -0.1) is 0 Å². The molecule has 2 aliphatic heterocycles. The molecule has 0 aromatic carbocycles. The van der Waals surface area contributed by atoms with Crippen LogP contribution in [-0.2, 0) is 14.6 Å². The van der Waals surface area contributed by atoms with Crippen LogP contribution in [0.4, 0.5) is 0 Å². The molecule has 110 valence electrons. The molecule has 5 heteroatoms. The third kappa shape index (κ3) is 3.31. The monoisotopic (exact) mass is 287 g/mol. The van der Waals surface area contributed by atoms with E-state index in [0.717, 1.165) is 25.4 Å². The van der Waals surface area contributed by atoms with Crippen molar-refractivity contribution in [2.24, 2.45) is 5.92 Å². The second-order valence-corrected chi connectivity index (χ2v) is 8.90. The maximum absolute atomic E-state index is 11.6. The molecule has 3 aliphatic rings. The molecular weight excluding hydrogens is 262 g/mol. The third-order valence-corrected chi connectivity index (χ3v) is 6.70. The lowest BCUT2D eigenvalue weighted by molar-refractivity contribution is -0.127. The van der Waals surface area contributed by atoms with Gasteiger partial charge in [0.2, 0.25) is 0 Å². The number of morpholine rings is 1. The Morgan fingerprint density at radius 1 is 1.16 bits per heavy atom. The Morgan fingerprint density at radius 2 is 1.84 bits per heavy atom. The van der Waals surface area contributed by atoms with Crippen molar-refractivity contribution in [3.63, 3.8) is 0 Å². The van der Waals surface area contributed by atoms with Crippen molar-refractivity contribution in [2.75, 3.05) is 24.6 Å². The lowest BCUT2D eigenvalue weighted by Crippen LogP contribution is -2.57. The lowest BCUT2D eigenvalue weighted by Gasteiger charge is -2.44. The maximum Gasteiger partial charge on any atom is 0.150 e. The van der Waals surface area contributed by atoms with Gasteiger partial charge in [-0.05, 0) is 25.2 Å². The van der Waals surface area contributed by atoms with Crippen LogP contribution in [0.5, 0.6) is 0 Å². The molecule has 2 heterocycles. The number of hydrogen-bond acceptors (Lipinski definition) is 4. The van der Waals surface area contributed by atoms with E-state index in [9.17, 15) is 8.42 Å². The molecule has 3 fully saturated rings. The third-order valence-electron chi connectivity index (χ3n) is 5.04. The molecule has 0 amide bonds. The van der Waals surface area contributed by atoms with Crippen LogP contribution in [0.25, 0.3) is 0 Å². The van der Waals surface area contributed by atoms with Gasteiger partial charge < -0.3 is 10.1 Å². The minimum atomic E-state index is -2.81. The van der Waals surface area contributed by atoms with Crippen LogP contribution in [0.3, 0.4) is 0 Å². The Morgan fingerprint density at radius 3 is 2.53 bits per heavy atom. The van der Waals surface area contributed by atoms with Crippen LogP contribution in [0.2, 0.25) is 0 Å². The van der Waals surface area contributed by atoms with Gasteiger partial charge in [-0.3, -0.25) is 0 Å². The molecule has 0 aromatic rings. The van der Waals surface area contributed by atoms with Crippen molar-refractivity contribution < 1.29 is 13.2 Å². The Balaban J connectivity index is 1.58. The number of hydrogen-bond donors (Lipinski definition) is 1. The van der Waals surface area contributed by atoms with Gasteiger partial charge in [0.15, 0.2) is 9.84 Å². The zero-order valence-corrected chi connectivity index (χ0v) is 12.4. The number of ether oxygens (including phenoxy) is 1. The van der Waals surface area contributed by atoms with Gasteiger partial charge in [0.05, 0.1) is 23.2 Å². The molecule has 4 nitrogen and oxygen atoms in total. The first-order chi connectivity index (χ1) is 9.07. The van der Waals surface area contributed by atoms with Crippen molar-refractivity contribution in [1.82, 2.24) is 5.32 Å². The first-order valence-electron chi connectivity index (χ1n) is 7.66. The highest BCUT2D eigenvalue weighted by atomic mass is 32.2. The van der Waals surface area contributed by atoms with Gasteiger partial charge in [-0.25, -0.2) is 8.42 Å². The SMILES string of the molecule is O=S1(=O)CCC2(CC1)CNCC(CC1CCCC1)O2. The molecule has 1 unspecified atom stereocenters. The molecule has 0 bridgehead atoms. The summed E-state index contributed by atoms with van der Waals surface area (Å²) < 4.78 is 29.5. The quantitative estimate of drug-likeness (QED) is 0.836. The second kappa shape index (κ2) is 5.34. The molecule has 1 spiro atoms. The Kier molecular flexibility index (Phi) is 3.89. The van der Waals surface area contributed by atoms with Gasteiger partial charge in [0.1, 0.15) is 0 Å². The van der Waals surface area contributed by atoms with E-state index in [4.69, 9.17) is 4.74 Å². The number of sulfone groups is 1. The highest BCUT2D eigenvalue weighted by Gasteiger charge is 2.42. The summed E-state index contributed by atoms with van der Waals surface area (Å²) in [7, 11) is -2.81. The molecule has 1 N–H and O–H groups in total. The van der Waals surface area contributed by atoms with Crippen molar-refractivity contribution >= 4 is 9.84 Å². The highest BCUT2D eigenvalue weighted by molar-refractivity contribution is 7.91. The van der Waals surface area contributed by atoms with Gasteiger partial charge in [-0.2, -0.15) is 0 Å². The first kappa shape index (κ1) is 13.8. The van der Waals surface area contributed by atoms with Gasteiger partial charge in [0.25, 0.3) is 0 Å². The molecule has 3 rings (SSSR count).